The Morgan fingerprint density at radius 1 is 0.633 bits per heavy atom. The summed E-state index contributed by atoms with van der Waals surface area (Å²) in [6.07, 6.45) is 0. The number of hydrogen-bond acceptors (Lipinski definition) is 3. The zero-order valence-electron chi connectivity index (χ0n) is 16.2. The molecule has 30 heavy (non-hydrogen) atoms. The number of hydrogen-bond donors (Lipinski definition) is 2. The Morgan fingerprint density at radius 2 is 1.27 bits per heavy atom. The smallest absolute Gasteiger partial charge is 0.194 e. The Kier molecular flexibility index (Phi) is 3.49. The van der Waals surface area contributed by atoms with E-state index in [4.69, 9.17) is 0 Å². The monoisotopic (exact) mass is 410 g/mol. The highest BCUT2D eigenvalue weighted by molar-refractivity contribution is 8.24. The molecule has 1 heterocycles. The minimum Gasteiger partial charge on any atom is -0.290 e. The van der Waals surface area contributed by atoms with Gasteiger partial charge in [-0.3, -0.25) is 13.9 Å². The van der Waals surface area contributed by atoms with Crippen molar-refractivity contribution in [3.63, 3.8) is 0 Å². The Balaban J connectivity index is 1.60. The Hall–Kier alpha value is -3.18. The molecular weight excluding hydrogens is 392 g/mol. The number of ketones is 1. The molecule has 2 N–H and O–H groups in total. The summed E-state index contributed by atoms with van der Waals surface area (Å²) in [5.74, 6) is 0.0229. The first-order valence-electron chi connectivity index (χ1n) is 9.78. The molecule has 2 aliphatic rings. The van der Waals surface area contributed by atoms with Gasteiger partial charge in [-0.15, -0.1) is 10.6 Å². The van der Waals surface area contributed by atoms with E-state index in [9.17, 15) is 13.9 Å². The Morgan fingerprint density at radius 3 is 2.07 bits per heavy atom. The van der Waals surface area contributed by atoms with Crippen molar-refractivity contribution in [2.75, 3.05) is 0 Å². The van der Waals surface area contributed by atoms with Gasteiger partial charge in [-0.25, -0.2) is 0 Å². The second kappa shape index (κ2) is 5.92. The number of rotatable bonds is 1. The number of aryl methyl sites for hydroxylation is 1. The molecule has 0 saturated heterocycles. The summed E-state index contributed by atoms with van der Waals surface area (Å²) in [5.41, 5.74) is 7.69. The third kappa shape index (κ3) is 2.16. The van der Waals surface area contributed by atoms with Crippen LogP contribution >= 0.6 is 10.6 Å². The van der Waals surface area contributed by atoms with Crippen molar-refractivity contribution < 1.29 is 13.9 Å². The van der Waals surface area contributed by atoms with Crippen molar-refractivity contribution in [3.05, 3.63) is 95.6 Å². The maximum absolute atomic E-state index is 13.3. The molecule has 4 heteroatoms. The molecule has 0 saturated carbocycles. The highest BCUT2D eigenvalue weighted by Gasteiger charge is 2.35. The highest BCUT2D eigenvalue weighted by Crippen LogP contribution is 2.67. The third-order valence-corrected chi connectivity index (χ3v) is 8.08. The summed E-state index contributed by atoms with van der Waals surface area (Å²) in [6, 6.07) is 24.9. The zero-order valence-corrected chi connectivity index (χ0v) is 17.0. The molecule has 0 atom stereocenters. The van der Waals surface area contributed by atoms with Crippen molar-refractivity contribution in [1.29, 1.82) is 0 Å². The summed E-state index contributed by atoms with van der Waals surface area (Å²) in [5, 5.41) is 0. The van der Waals surface area contributed by atoms with Gasteiger partial charge in [0.15, 0.2) is 5.78 Å². The summed E-state index contributed by atoms with van der Waals surface area (Å²) in [6.45, 7) is 1.99. The van der Waals surface area contributed by atoms with E-state index in [1.165, 1.54) is 0 Å². The SMILES string of the molecule is Cc1ccc2c(c1-c1ccc3c(c1)S(O)(O)c1ccccc1-3)C(=O)c1ccccc1-2. The molecule has 0 amide bonds. The zero-order chi connectivity index (χ0) is 20.6. The number of carbonyl (C=O) groups excluding carboxylic acids is 1. The second-order valence-electron chi connectivity index (χ2n) is 7.81. The maximum atomic E-state index is 13.3. The van der Waals surface area contributed by atoms with Crippen LogP contribution < -0.4 is 0 Å². The first-order valence-corrected chi connectivity index (χ1v) is 11.3. The van der Waals surface area contributed by atoms with Crippen molar-refractivity contribution >= 4 is 16.4 Å². The minimum absolute atomic E-state index is 0.0229. The summed E-state index contributed by atoms with van der Waals surface area (Å²) in [7, 11) is -3.07. The molecule has 6 rings (SSSR count). The van der Waals surface area contributed by atoms with Gasteiger partial charge in [0, 0.05) is 22.3 Å². The van der Waals surface area contributed by atoms with Gasteiger partial charge >= 0.3 is 0 Å². The van der Waals surface area contributed by atoms with Crippen molar-refractivity contribution in [3.8, 4) is 33.4 Å². The van der Waals surface area contributed by atoms with Crippen LogP contribution in [0.1, 0.15) is 21.5 Å². The van der Waals surface area contributed by atoms with Crippen molar-refractivity contribution in [1.82, 2.24) is 0 Å². The average molecular weight is 410 g/mol. The molecule has 0 radical (unpaired) electrons. The predicted molar refractivity (Wildman–Crippen MR) is 120 cm³/mol. The molecule has 4 aromatic rings. The lowest BCUT2D eigenvalue weighted by Crippen LogP contribution is -2.01. The molecular formula is C26H18O3S. The summed E-state index contributed by atoms with van der Waals surface area (Å²) < 4.78 is 22.0. The standard InChI is InChI=1S/C26H18O3S/c1-15-10-12-20-17-6-2-3-8-21(17)26(27)25(20)24(15)16-11-13-19-18-7-4-5-9-22(18)30(28,29)23(19)14-16/h2-14,28-29H,1H3. The molecule has 0 fully saturated rings. The molecule has 4 aromatic carbocycles. The van der Waals surface area contributed by atoms with Gasteiger partial charge in [0.05, 0.1) is 9.79 Å². The molecule has 146 valence electrons. The maximum Gasteiger partial charge on any atom is 0.194 e. The fourth-order valence-corrected chi connectivity index (χ4v) is 6.55. The average Bonchev–Trinajstić information content (AvgIpc) is 3.18. The van der Waals surface area contributed by atoms with Crippen LogP contribution in [0, 0.1) is 6.92 Å². The van der Waals surface area contributed by atoms with Crippen LogP contribution in [-0.4, -0.2) is 14.9 Å². The van der Waals surface area contributed by atoms with E-state index in [1.54, 1.807) is 6.07 Å². The third-order valence-electron chi connectivity index (χ3n) is 6.16. The van der Waals surface area contributed by atoms with Gasteiger partial charge in [0.1, 0.15) is 0 Å². The fourth-order valence-electron chi connectivity index (χ4n) is 4.78. The van der Waals surface area contributed by atoms with Crippen LogP contribution in [0.2, 0.25) is 0 Å². The van der Waals surface area contributed by atoms with Crippen LogP contribution in [0.15, 0.2) is 88.7 Å². The second-order valence-corrected chi connectivity index (χ2v) is 9.79. The van der Waals surface area contributed by atoms with Gasteiger partial charge in [0.2, 0.25) is 0 Å². The van der Waals surface area contributed by atoms with E-state index in [0.717, 1.165) is 44.5 Å². The number of benzene rings is 4. The van der Waals surface area contributed by atoms with Gasteiger partial charge in [0.25, 0.3) is 0 Å². The van der Waals surface area contributed by atoms with Crippen LogP contribution in [0.3, 0.4) is 0 Å². The predicted octanol–water partition coefficient (Wildman–Crippen LogP) is 7.02. The lowest BCUT2D eigenvalue weighted by atomic mass is 9.90. The molecule has 0 spiro atoms. The van der Waals surface area contributed by atoms with Gasteiger partial charge in [-0.2, -0.15) is 0 Å². The topological polar surface area (TPSA) is 57.5 Å². The van der Waals surface area contributed by atoms with Gasteiger partial charge in [-0.05, 0) is 46.9 Å². The molecule has 0 unspecified atom stereocenters. The van der Waals surface area contributed by atoms with Crippen LogP contribution in [-0.2, 0) is 0 Å². The van der Waals surface area contributed by atoms with E-state index in [2.05, 4.69) is 0 Å². The lowest BCUT2D eigenvalue weighted by Gasteiger charge is -2.29. The van der Waals surface area contributed by atoms with Crippen LogP contribution in [0.25, 0.3) is 33.4 Å². The van der Waals surface area contributed by atoms with E-state index in [-0.39, 0.29) is 5.78 Å². The van der Waals surface area contributed by atoms with E-state index in [0.29, 0.717) is 15.4 Å². The molecule has 3 nitrogen and oxygen atoms in total. The normalized spacial score (nSPS) is 15.9. The summed E-state index contributed by atoms with van der Waals surface area (Å²) in [4.78, 5) is 14.4. The van der Waals surface area contributed by atoms with E-state index >= 15 is 0 Å². The summed E-state index contributed by atoms with van der Waals surface area (Å²) >= 11 is 0. The van der Waals surface area contributed by atoms with E-state index < -0.39 is 10.6 Å². The number of fused-ring (bicyclic) bond motifs is 6. The first-order chi connectivity index (χ1) is 14.5. The first kappa shape index (κ1) is 17.7. The molecule has 1 aliphatic carbocycles. The minimum atomic E-state index is -3.07. The van der Waals surface area contributed by atoms with E-state index in [1.807, 2.05) is 79.7 Å². The molecule has 0 aromatic heterocycles. The Labute approximate surface area is 176 Å². The molecule has 1 aliphatic heterocycles. The van der Waals surface area contributed by atoms with Gasteiger partial charge < -0.3 is 0 Å². The highest BCUT2D eigenvalue weighted by atomic mass is 32.3. The largest absolute Gasteiger partial charge is 0.290 e. The lowest BCUT2D eigenvalue weighted by molar-refractivity contribution is 0.104. The van der Waals surface area contributed by atoms with Gasteiger partial charge in [-0.1, -0.05) is 66.7 Å². The quantitative estimate of drug-likeness (QED) is 0.312. The fraction of sp³-hybridized carbons (Fsp3) is 0.0385. The van der Waals surface area contributed by atoms with Crippen molar-refractivity contribution in [2.24, 2.45) is 0 Å². The molecule has 0 bridgehead atoms. The van der Waals surface area contributed by atoms with Crippen molar-refractivity contribution in [2.45, 2.75) is 16.7 Å². The Bertz CT molecular complexity index is 1400. The van der Waals surface area contributed by atoms with Crippen LogP contribution in [0.4, 0.5) is 0 Å². The number of carbonyl (C=O) groups is 1. The van der Waals surface area contributed by atoms with Crippen LogP contribution in [0.5, 0.6) is 0 Å².